The molecule has 3 aromatic rings. The van der Waals surface area contributed by atoms with Crippen LogP contribution in [0.1, 0.15) is 43.7 Å². The molecule has 1 unspecified atom stereocenters. The number of hydrogen-bond acceptors (Lipinski definition) is 3. The normalized spacial score (nSPS) is 20.0. The highest BCUT2D eigenvalue weighted by atomic mass is 35.5. The van der Waals surface area contributed by atoms with Gasteiger partial charge in [-0.3, -0.25) is 9.80 Å². The maximum absolute atomic E-state index is 14.0. The van der Waals surface area contributed by atoms with Gasteiger partial charge in [0.2, 0.25) is 0 Å². The van der Waals surface area contributed by atoms with Gasteiger partial charge in [-0.25, -0.2) is 4.79 Å². The molecule has 0 aromatic heterocycles. The zero-order chi connectivity index (χ0) is 24.3. The lowest BCUT2D eigenvalue weighted by atomic mass is 9.89. The van der Waals surface area contributed by atoms with Crippen molar-refractivity contribution in [1.82, 2.24) is 0 Å². The Kier molecular flexibility index (Phi) is 7.13. The lowest BCUT2D eigenvalue weighted by Gasteiger charge is -2.37. The quantitative estimate of drug-likeness (QED) is 0.356. The summed E-state index contributed by atoms with van der Waals surface area (Å²) in [6.45, 7) is 2.11. The molecule has 1 fully saturated rings. The number of nitriles is 1. The number of carbonyl (C=O) groups is 1. The van der Waals surface area contributed by atoms with Gasteiger partial charge in [-0.15, -0.1) is 0 Å². The number of amides is 2. The molecule has 174 valence electrons. The molecule has 1 N–H and O–H groups in total. The van der Waals surface area contributed by atoms with Crippen molar-refractivity contribution in [3.63, 3.8) is 0 Å². The topological polar surface area (TPSA) is 67.6 Å². The number of anilines is 2. The highest BCUT2D eigenvalue weighted by Gasteiger charge is 2.58. The summed E-state index contributed by atoms with van der Waals surface area (Å²) in [5, 5.41) is 23.1. The van der Waals surface area contributed by atoms with Crippen molar-refractivity contribution in [1.29, 1.82) is 5.26 Å². The second-order valence-corrected chi connectivity index (χ2v) is 9.24. The highest BCUT2D eigenvalue weighted by molar-refractivity contribution is 6.31. The molecule has 5 nitrogen and oxygen atoms in total. The molecular weight excluding hydrogens is 469 g/mol. The Hall–Kier alpha value is -3.04. The van der Waals surface area contributed by atoms with Crippen LogP contribution in [-0.2, 0) is 5.72 Å². The summed E-state index contributed by atoms with van der Waals surface area (Å²) in [5.41, 5.74) is 0.323. The minimum absolute atomic E-state index is 0.365. The van der Waals surface area contributed by atoms with Gasteiger partial charge in [0.15, 0.2) is 5.72 Å². The van der Waals surface area contributed by atoms with Crippen molar-refractivity contribution >= 4 is 40.6 Å². The van der Waals surface area contributed by atoms with Crippen LogP contribution in [-0.4, -0.2) is 17.2 Å². The lowest BCUT2D eigenvalue weighted by Crippen LogP contribution is -2.49. The number of unbranched alkanes of at least 4 members (excludes halogenated alkanes) is 2. The Balaban J connectivity index is 1.93. The van der Waals surface area contributed by atoms with E-state index in [-0.39, 0.29) is 6.03 Å². The molecular formula is C27H25Cl2N3O2. The number of rotatable bonds is 7. The fourth-order valence-electron chi connectivity index (χ4n) is 4.56. The Morgan fingerprint density at radius 1 is 0.971 bits per heavy atom. The first-order chi connectivity index (χ1) is 16.4. The minimum Gasteiger partial charge on any atom is -0.365 e. The average molecular weight is 494 g/mol. The van der Waals surface area contributed by atoms with Gasteiger partial charge in [-0.2, -0.15) is 5.26 Å². The molecule has 0 bridgehead atoms. The van der Waals surface area contributed by atoms with Crippen LogP contribution < -0.4 is 9.80 Å². The molecule has 34 heavy (non-hydrogen) atoms. The number of nitrogens with zero attached hydrogens (tertiary/aromatic N) is 3. The lowest BCUT2D eigenvalue weighted by molar-refractivity contribution is 0.0284. The van der Waals surface area contributed by atoms with Crippen LogP contribution >= 0.6 is 23.2 Å². The maximum atomic E-state index is 14.0. The smallest absolute Gasteiger partial charge is 0.332 e. The van der Waals surface area contributed by atoms with Gasteiger partial charge < -0.3 is 5.11 Å². The average Bonchev–Trinajstić information content (AvgIpc) is 3.07. The third kappa shape index (κ3) is 4.37. The van der Waals surface area contributed by atoms with Gasteiger partial charge in [0.25, 0.3) is 0 Å². The summed E-state index contributed by atoms with van der Waals surface area (Å²) in [4.78, 5) is 17.1. The van der Waals surface area contributed by atoms with E-state index in [4.69, 9.17) is 23.2 Å². The largest absolute Gasteiger partial charge is 0.365 e. The molecule has 1 aliphatic rings. The van der Waals surface area contributed by atoms with Crippen LogP contribution in [0.3, 0.4) is 0 Å². The van der Waals surface area contributed by atoms with Crippen molar-refractivity contribution in [2.45, 2.75) is 44.4 Å². The molecule has 2 atom stereocenters. The molecule has 3 aromatic carbocycles. The summed E-state index contributed by atoms with van der Waals surface area (Å²) in [5.74, 6) is 0. The van der Waals surface area contributed by atoms with E-state index in [1.54, 1.807) is 77.7 Å². The molecule has 4 rings (SSSR count). The Labute approximate surface area is 209 Å². The zero-order valence-electron chi connectivity index (χ0n) is 18.8. The van der Waals surface area contributed by atoms with Crippen LogP contribution in [0.25, 0.3) is 0 Å². The van der Waals surface area contributed by atoms with Crippen molar-refractivity contribution in [3.8, 4) is 6.07 Å². The van der Waals surface area contributed by atoms with E-state index >= 15 is 0 Å². The molecule has 1 heterocycles. The van der Waals surface area contributed by atoms with Crippen LogP contribution in [0, 0.1) is 11.3 Å². The summed E-state index contributed by atoms with van der Waals surface area (Å²) < 4.78 is 0. The summed E-state index contributed by atoms with van der Waals surface area (Å²) in [6.07, 6.45) is 3.37. The Bertz CT molecular complexity index is 1210. The second-order valence-electron chi connectivity index (χ2n) is 8.37. The molecule has 0 aliphatic carbocycles. The minimum atomic E-state index is -1.72. The number of hydrogen-bond donors (Lipinski definition) is 1. The maximum Gasteiger partial charge on any atom is 0.332 e. The third-order valence-electron chi connectivity index (χ3n) is 6.20. The second kappa shape index (κ2) is 10.1. The molecule has 7 heteroatoms. The number of halogens is 2. The van der Waals surface area contributed by atoms with E-state index in [2.05, 4.69) is 13.0 Å². The number of benzene rings is 3. The first-order valence-electron chi connectivity index (χ1n) is 11.3. The number of aliphatic hydroxyl groups is 1. The van der Waals surface area contributed by atoms with E-state index < -0.39 is 11.8 Å². The van der Waals surface area contributed by atoms with Crippen LogP contribution in [0.15, 0.2) is 72.8 Å². The third-order valence-corrected chi connectivity index (χ3v) is 6.71. The Morgan fingerprint density at radius 2 is 1.59 bits per heavy atom. The molecule has 2 amide bonds. The van der Waals surface area contributed by atoms with Gasteiger partial charge in [0.05, 0.1) is 17.7 Å². The van der Waals surface area contributed by atoms with Gasteiger partial charge in [0, 0.05) is 27.0 Å². The van der Waals surface area contributed by atoms with E-state index in [0.717, 1.165) is 19.3 Å². The molecule has 0 spiro atoms. The fourth-order valence-corrected chi connectivity index (χ4v) is 4.81. The van der Waals surface area contributed by atoms with Crippen LogP contribution in [0.4, 0.5) is 16.2 Å². The van der Waals surface area contributed by atoms with Crippen LogP contribution in [0.2, 0.25) is 10.0 Å². The molecule has 0 saturated carbocycles. The van der Waals surface area contributed by atoms with Gasteiger partial charge >= 0.3 is 6.03 Å². The highest BCUT2D eigenvalue weighted by Crippen LogP contribution is 2.46. The first kappa shape index (κ1) is 24.1. The van der Waals surface area contributed by atoms with Crippen molar-refractivity contribution in [2.24, 2.45) is 0 Å². The van der Waals surface area contributed by atoms with Gasteiger partial charge in [0.1, 0.15) is 0 Å². The van der Waals surface area contributed by atoms with Gasteiger partial charge in [-0.05, 0) is 67.1 Å². The SMILES string of the molecule is CCCCC[C@@H]1N(c2ccc(Cl)cc2)C(=O)N(c2ccc(Cl)cc2)C1(O)c1cccc(C#N)c1. The van der Waals surface area contributed by atoms with E-state index in [9.17, 15) is 15.2 Å². The summed E-state index contributed by atoms with van der Waals surface area (Å²) in [6, 6.07) is 21.8. The standard InChI is InChI=1S/C27H25Cl2N3O2/c1-2-3-4-8-25-27(34,20-7-5-6-19(17-20)18-30)32(24-15-11-22(29)12-16-24)26(33)31(25)23-13-9-21(28)10-14-23/h5-7,9-17,25,34H,2-4,8H2,1H3/t25-,27?/m0/s1. The van der Waals surface area contributed by atoms with E-state index in [1.165, 1.54) is 4.90 Å². The molecule has 1 saturated heterocycles. The zero-order valence-corrected chi connectivity index (χ0v) is 20.3. The number of carbonyl (C=O) groups excluding carboxylic acids is 1. The van der Waals surface area contributed by atoms with Crippen molar-refractivity contribution < 1.29 is 9.90 Å². The Morgan fingerprint density at radius 3 is 2.18 bits per heavy atom. The number of urea groups is 1. The van der Waals surface area contributed by atoms with Crippen molar-refractivity contribution in [2.75, 3.05) is 9.80 Å². The van der Waals surface area contributed by atoms with E-state index in [0.29, 0.717) is 39.0 Å². The first-order valence-corrected chi connectivity index (χ1v) is 12.0. The fraction of sp³-hybridized carbons (Fsp3) is 0.259. The molecule has 1 aliphatic heterocycles. The van der Waals surface area contributed by atoms with Crippen LogP contribution in [0.5, 0.6) is 0 Å². The predicted octanol–water partition coefficient (Wildman–Crippen LogP) is 7.11. The summed E-state index contributed by atoms with van der Waals surface area (Å²) >= 11 is 12.2. The summed E-state index contributed by atoms with van der Waals surface area (Å²) in [7, 11) is 0. The van der Waals surface area contributed by atoms with Gasteiger partial charge in [-0.1, -0.05) is 61.5 Å². The van der Waals surface area contributed by atoms with E-state index in [1.807, 2.05) is 0 Å². The molecule has 0 radical (unpaired) electrons. The van der Waals surface area contributed by atoms with Crippen molar-refractivity contribution in [3.05, 3.63) is 94.0 Å². The monoisotopic (exact) mass is 493 g/mol. The predicted molar refractivity (Wildman–Crippen MR) is 136 cm³/mol.